The molecule has 1 aliphatic heterocycles. The van der Waals surface area contributed by atoms with Gasteiger partial charge in [0.05, 0.1) is 6.10 Å². The Bertz CT molecular complexity index is 429. The van der Waals surface area contributed by atoms with Crippen molar-refractivity contribution in [2.75, 3.05) is 13.2 Å². The number of aliphatic hydroxyl groups is 1. The van der Waals surface area contributed by atoms with E-state index in [4.69, 9.17) is 16.3 Å². The second-order valence-corrected chi connectivity index (χ2v) is 5.14. The molecule has 1 saturated heterocycles. The van der Waals surface area contributed by atoms with E-state index in [-0.39, 0.29) is 11.9 Å². The maximum Gasteiger partial charge on any atom is 0.129 e. The Hall–Kier alpha value is -0.680. The molecule has 1 aliphatic rings. The molecule has 18 heavy (non-hydrogen) atoms. The molecule has 2 atom stereocenters. The Morgan fingerprint density at radius 1 is 1.61 bits per heavy atom. The second kappa shape index (κ2) is 5.53. The maximum atomic E-state index is 13.5. The van der Waals surface area contributed by atoms with Gasteiger partial charge < -0.3 is 15.2 Å². The van der Waals surface area contributed by atoms with Crippen molar-refractivity contribution in [1.29, 1.82) is 0 Å². The molecule has 0 bridgehead atoms. The molecule has 2 N–H and O–H groups in total. The molecule has 0 spiro atoms. The van der Waals surface area contributed by atoms with Crippen LogP contribution in [0.15, 0.2) is 18.2 Å². The quantitative estimate of drug-likeness (QED) is 0.883. The van der Waals surface area contributed by atoms with Crippen molar-refractivity contribution >= 4 is 11.6 Å². The van der Waals surface area contributed by atoms with Gasteiger partial charge in [-0.25, -0.2) is 4.39 Å². The summed E-state index contributed by atoms with van der Waals surface area (Å²) in [6.45, 7) is 3.15. The average Bonchev–Trinajstić information content (AvgIpc) is 2.63. The van der Waals surface area contributed by atoms with Crippen LogP contribution in [0.1, 0.15) is 18.9 Å². The molecule has 100 valence electrons. The largest absolute Gasteiger partial charge is 0.386 e. The molecular formula is C13H17ClFNO2. The number of hydrogen-bond acceptors (Lipinski definition) is 3. The van der Waals surface area contributed by atoms with Crippen LogP contribution in [0, 0.1) is 5.82 Å². The zero-order chi connectivity index (χ0) is 13.2. The van der Waals surface area contributed by atoms with E-state index in [1.54, 1.807) is 12.1 Å². The van der Waals surface area contributed by atoms with Crippen LogP contribution in [0.5, 0.6) is 0 Å². The van der Waals surface area contributed by atoms with E-state index >= 15 is 0 Å². The Morgan fingerprint density at radius 3 is 3.00 bits per heavy atom. The predicted molar refractivity (Wildman–Crippen MR) is 68.1 cm³/mol. The van der Waals surface area contributed by atoms with Gasteiger partial charge in [-0.15, -0.1) is 0 Å². The first-order valence-electron chi connectivity index (χ1n) is 6.00. The van der Waals surface area contributed by atoms with Crippen LogP contribution >= 0.6 is 11.6 Å². The number of halogens is 2. The molecule has 0 saturated carbocycles. The van der Waals surface area contributed by atoms with Gasteiger partial charge in [0, 0.05) is 36.7 Å². The molecule has 1 aromatic rings. The highest BCUT2D eigenvalue weighted by Crippen LogP contribution is 2.25. The number of ether oxygens (including phenoxy) is 1. The minimum atomic E-state index is -0.858. The summed E-state index contributed by atoms with van der Waals surface area (Å²) in [5, 5.41) is 13.7. The zero-order valence-corrected chi connectivity index (χ0v) is 11.0. The molecule has 0 radical (unpaired) electrons. The van der Waals surface area contributed by atoms with Crippen LogP contribution in [0.4, 0.5) is 4.39 Å². The predicted octanol–water partition coefficient (Wildman–Crippen LogP) is 2.11. The SMILES string of the molecule is CC1OCCC1(O)CNCc1ccc(Cl)cc1F. The lowest BCUT2D eigenvalue weighted by molar-refractivity contribution is -0.0263. The van der Waals surface area contributed by atoms with Gasteiger partial charge in [-0.3, -0.25) is 0 Å². The van der Waals surface area contributed by atoms with Crippen molar-refractivity contribution < 1.29 is 14.2 Å². The first kappa shape index (κ1) is 13.7. The third kappa shape index (κ3) is 3.01. The fraction of sp³-hybridized carbons (Fsp3) is 0.538. The standard InChI is InChI=1S/C13H17ClFNO2/c1-9-13(17,4-5-18-9)8-16-7-10-2-3-11(14)6-12(10)15/h2-3,6,9,16-17H,4-5,7-8H2,1H3. The summed E-state index contributed by atoms with van der Waals surface area (Å²) >= 11 is 5.68. The molecule has 1 fully saturated rings. The fourth-order valence-corrected chi connectivity index (χ4v) is 2.24. The van der Waals surface area contributed by atoms with Gasteiger partial charge in [0.15, 0.2) is 0 Å². The third-order valence-corrected chi connectivity index (χ3v) is 3.66. The molecule has 1 aromatic carbocycles. The monoisotopic (exact) mass is 273 g/mol. The lowest BCUT2D eigenvalue weighted by atomic mass is 9.96. The zero-order valence-electron chi connectivity index (χ0n) is 10.2. The Balaban J connectivity index is 1.88. The van der Waals surface area contributed by atoms with E-state index in [2.05, 4.69) is 5.32 Å². The van der Waals surface area contributed by atoms with Crippen molar-refractivity contribution in [3.8, 4) is 0 Å². The van der Waals surface area contributed by atoms with E-state index in [0.717, 1.165) is 0 Å². The lowest BCUT2D eigenvalue weighted by Crippen LogP contribution is -2.45. The molecular weight excluding hydrogens is 257 g/mol. The summed E-state index contributed by atoms with van der Waals surface area (Å²) in [5.74, 6) is -0.335. The molecule has 1 heterocycles. The summed E-state index contributed by atoms with van der Waals surface area (Å²) in [6.07, 6.45) is 0.407. The van der Waals surface area contributed by atoms with E-state index in [0.29, 0.717) is 36.7 Å². The summed E-state index contributed by atoms with van der Waals surface area (Å²) in [6, 6.07) is 4.58. The van der Waals surface area contributed by atoms with Crippen LogP contribution < -0.4 is 5.32 Å². The van der Waals surface area contributed by atoms with Crippen molar-refractivity contribution in [2.45, 2.75) is 31.6 Å². The van der Waals surface area contributed by atoms with E-state index in [1.165, 1.54) is 6.07 Å². The molecule has 0 aromatic heterocycles. The van der Waals surface area contributed by atoms with Crippen LogP contribution in [0.3, 0.4) is 0 Å². The van der Waals surface area contributed by atoms with Gasteiger partial charge in [0.1, 0.15) is 11.4 Å². The van der Waals surface area contributed by atoms with Crippen molar-refractivity contribution in [2.24, 2.45) is 0 Å². The Kier molecular flexibility index (Phi) is 4.22. The third-order valence-electron chi connectivity index (χ3n) is 3.42. The van der Waals surface area contributed by atoms with Crippen molar-refractivity contribution in [3.05, 3.63) is 34.6 Å². The smallest absolute Gasteiger partial charge is 0.129 e. The van der Waals surface area contributed by atoms with Gasteiger partial charge in [0.2, 0.25) is 0 Å². The Morgan fingerprint density at radius 2 is 2.39 bits per heavy atom. The van der Waals surface area contributed by atoms with Gasteiger partial charge in [-0.2, -0.15) is 0 Å². The van der Waals surface area contributed by atoms with Gasteiger partial charge in [-0.1, -0.05) is 17.7 Å². The lowest BCUT2D eigenvalue weighted by Gasteiger charge is -2.26. The minimum absolute atomic E-state index is 0.194. The summed E-state index contributed by atoms with van der Waals surface area (Å²) in [5.41, 5.74) is -0.322. The maximum absolute atomic E-state index is 13.5. The molecule has 0 amide bonds. The number of hydrogen-bond donors (Lipinski definition) is 2. The molecule has 0 aliphatic carbocycles. The fourth-order valence-electron chi connectivity index (χ4n) is 2.08. The summed E-state index contributed by atoms with van der Waals surface area (Å²) < 4.78 is 18.8. The van der Waals surface area contributed by atoms with Gasteiger partial charge >= 0.3 is 0 Å². The van der Waals surface area contributed by atoms with Crippen LogP contribution in [-0.4, -0.2) is 30.0 Å². The van der Waals surface area contributed by atoms with Gasteiger partial charge in [-0.05, 0) is 19.1 Å². The first-order valence-corrected chi connectivity index (χ1v) is 6.38. The number of nitrogens with one attached hydrogen (secondary N) is 1. The van der Waals surface area contributed by atoms with Crippen LogP contribution in [-0.2, 0) is 11.3 Å². The number of benzene rings is 1. The van der Waals surface area contributed by atoms with Crippen LogP contribution in [0.2, 0.25) is 5.02 Å². The van der Waals surface area contributed by atoms with E-state index in [9.17, 15) is 9.50 Å². The topological polar surface area (TPSA) is 41.5 Å². The average molecular weight is 274 g/mol. The molecule has 5 heteroatoms. The number of rotatable bonds is 4. The molecule has 3 nitrogen and oxygen atoms in total. The van der Waals surface area contributed by atoms with E-state index in [1.807, 2.05) is 6.92 Å². The molecule has 2 unspecified atom stereocenters. The van der Waals surface area contributed by atoms with Crippen LogP contribution in [0.25, 0.3) is 0 Å². The highest BCUT2D eigenvalue weighted by molar-refractivity contribution is 6.30. The summed E-state index contributed by atoms with van der Waals surface area (Å²) in [4.78, 5) is 0. The minimum Gasteiger partial charge on any atom is -0.386 e. The van der Waals surface area contributed by atoms with Crippen molar-refractivity contribution in [1.82, 2.24) is 5.32 Å². The highest BCUT2D eigenvalue weighted by Gasteiger charge is 2.38. The summed E-state index contributed by atoms with van der Waals surface area (Å²) in [7, 11) is 0. The normalized spacial score (nSPS) is 27.7. The molecule has 2 rings (SSSR count). The second-order valence-electron chi connectivity index (χ2n) is 4.71. The highest BCUT2D eigenvalue weighted by atomic mass is 35.5. The van der Waals surface area contributed by atoms with E-state index < -0.39 is 5.60 Å². The first-order chi connectivity index (χ1) is 8.51. The Labute approximate surface area is 111 Å². The van der Waals surface area contributed by atoms with Crippen molar-refractivity contribution in [3.63, 3.8) is 0 Å². The van der Waals surface area contributed by atoms with Gasteiger partial charge in [0.25, 0.3) is 0 Å².